The van der Waals surface area contributed by atoms with Crippen LogP contribution in [0.2, 0.25) is 0 Å². The standard InChI is InChI=1S/C15H20N2O3/c1-3-20-15(18)14(11-16)12-6-4-7-13(10-12)17-8-5-9-19-2/h4,6-7,17H,3,5,8-10H2,1-2H3/b14-12-. The summed E-state index contributed by atoms with van der Waals surface area (Å²) in [7, 11) is 1.67. The molecule has 1 N–H and O–H groups in total. The summed E-state index contributed by atoms with van der Waals surface area (Å²) < 4.78 is 9.87. The van der Waals surface area contributed by atoms with E-state index in [4.69, 9.17) is 14.7 Å². The fraction of sp³-hybridized carbons (Fsp3) is 0.467. The Balaban J connectivity index is 2.66. The molecule has 108 valence electrons. The number of methoxy groups -OCH3 is 1. The first-order chi connectivity index (χ1) is 9.72. The van der Waals surface area contributed by atoms with Crippen molar-refractivity contribution in [3.05, 3.63) is 35.1 Å². The van der Waals surface area contributed by atoms with E-state index >= 15 is 0 Å². The van der Waals surface area contributed by atoms with Crippen LogP contribution in [0.1, 0.15) is 19.8 Å². The monoisotopic (exact) mass is 276 g/mol. The molecule has 0 aromatic carbocycles. The maximum atomic E-state index is 11.7. The van der Waals surface area contributed by atoms with E-state index in [9.17, 15) is 4.79 Å². The molecule has 5 heteroatoms. The molecule has 0 atom stereocenters. The second kappa shape index (κ2) is 8.94. The molecule has 1 rings (SSSR count). The van der Waals surface area contributed by atoms with Crippen molar-refractivity contribution >= 4 is 5.97 Å². The van der Waals surface area contributed by atoms with E-state index in [0.717, 1.165) is 18.7 Å². The largest absolute Gasteiger partial charge is 0.462 e. The molecule has 0 amide bonds. The SMILES string of the molecule is CCOC(=O)/C(C#N)=C1/C=CC=C(NCCCOC)C1. The number of nitriles is 1. The molecule has 0 aromatic rings. The van der Waals surface area contributed by atoms with Gasteiger partial charge in [0, 0.05) is 32.4 Å². The van der Waals surface area contributed by atoms with Crippen LogP contribution in [0, 0.1) is 11.3 Å². The Bertz CT molecular complexity index is 470. The first kappa shape index (κ1) is 16.0. The lowest BCUT2D eigenvalue weighted by atomic mass is 9.99. The van der Waals surface area contributed by atoms with Crippen molar-refractivity contribution in [2.45, 2.75) is 19.8 Å². The smallest absolute Gasteiger partial charge is 0.349 e. The van der Waals surface area contributed by atoms with Gasteiger partial charge in [-0.1, -0.05) is 12.2 Å². The highest BCUT2D eigenvalue weighted by Gasteiger charge is 2.17. The van der Waals surface area contributed by atoms with Crippen LogP contribution in [0.3, 0.4) is 0 Å². The Morgan fingerprint density at radius 3 is 3.00 bits per heavy atom. The Hall–Kier alpha value is -2.06. The van der Waals surface area contributed by atoms with Gasteiger partial charge in [-0.25, -0.2) is 4.79 Å². The van der Waals surface area contributed by atoms with Gasteiger partial charge in [0.1, 0.15) is 11.6 Å². The molecule has 0 aliphatic heterocycles. The number of ether oxygens (including phenoxy) is 2. The van der Waals surface area contributed by atoms with Gasteiger partial charge in [0.2, 0.25) is 0 Å². The lowest BCUT2D eigenvalue weighted by molar-refractivity contribution is -0.138. The van der Waals surface area contributed by atoms with Crippen molar-refractivity contribution in [1.82, 2.24) is 5.32 Å². The van der Waals surface area contributed by atoms with Gasteiger partial charge in [0.05, 0.1) is 6.61 Å². The number of rotatable bonds is 7. The summed E-state index contributed by atoms with van der Waals surface area (Å²) in [4.78, 5) is 11.7. The Kier molecular flexibility index (Phi) is 7.15. The highest BCUT2D eigenvalue weighted by atomic mass is 16.5. The summed E-state index contributed by atoms with van der Waals surface area (Å²) in [5, 5.41) is 12.4. The number of carbonyl (C=O) groups is 1. The van der Waals surface area contributed by atoms with Crippen molar-refractivity contribution in [1.29, 1.82) is 5.26 Å². The van der Waals surface area contributed by atoms with Crippen molar-refractivity contribution < 1.29 is 14.3 Å². The molecule has 0 heterocycles. The number of nitrogens with one attached hydrogen (secondary N) is 1. The molecule has 1 aliphatic carbocycles. The summed E-state index contributed by atoms with van der Waals surface area (Å²) in [6, 6.07) is 1.93. The first-order valence-electron chi connectivity index (χ1n) is 6.63. The number of hydrogen-bond donors (Lipinski definition) is 1. The fourth-order valence-corrected chi connectivity index (χ4v) is 1.81. The molecule has 0 saturated carbocycles. The van der Waals surface area contributed by atoms with E-state index in [2.05, 4.69) is 5.32 Å². The van der Waals surface area contributed by atoms with Crippen molar-refractivity contribution in [2.75, 3.05) is 26.9 Å². The molecular formula is C15H20N2O3. The topological polar surface area (TPSA) is 71.4 Å². The number of allylic oxidation sites excluding steroid dienone is 4. The van der Waals surface area contributed by atoms with E-state index in [1.54, 1.807) is 20.1 Å². The molecule has 0 saturated heterocycles. The molecule has 0 aromatic heterocycles. The van der Waals surface area contributed by atoms with Crippen LogP contribution < -0.4 is 5.32 Å². The minimum absolute atomic E-state index is 0.0763. The van der Waals surface area contributed by atoms with E-state index in [1.165, 1.54) is 0 Å². The molecule has 0 fully saturated rings. The first-order valence-corrected chi connectivity index (χ1v) is 6.63. The molecule has 5 nitrogen and oxygen atoms in total. The van der Waals surface area contributed by atoms with Gasteiger partial charge in [-0.05, 0) is 25.0 Å². The maximum Gasteiger partial charge on any atom is 0.349 e. The minimum atomic E-state index is -0.560. The molecule has 0 unspecified atom stereocenters. The third-order valence-corrected chi connectivity index (χ3v) is 2.77. The molecule has 1 aliphatic rings. The summed E-state index contributed by atoms with van der Waals surface area (Å²) in [6.07, 6.45) is 6.98. The summed E-state index contributed by atoms with van der Waals surface area (Å²) in [5.41, 5.74) is 1.74. The fourth-order valence-electron chi connectivity index (χ4n) is 1.81. The molecule has 0 bridgehead atoms. The van der Waals surface area contributed by atoms with Crippen LogP contribution in [0.25, 0.3) is 0 Å². The van der Waals surface area contributed by atoms with Gasteiger partial charge in [0.15, 0.2) is 0 Å². The third kappa shape index (κ3) is 4.90. The highest BCUT2D eigenvalue weighted by molar-refractivity contribution is 5.94. The lowest BCUT2D eigenvalue weighted by Gasteiger charge is -2.15. The zero-order valence-electron chi connectivity index (χ0n) is 11.9. The average Bonchev–Trinajstić information content (AvgIpc) is 2.45. The van der Waals surface area contributed by atoms with Crippen LogP contribution >= 0.6 is 0 Å². The van der Waals surface area contributed by atoms with Crippen molar-refractivity contribution in [2.24, 2.45) is 0 Å². The summed E-state index contributed by atoms with van der Waals surface area (Å²) >= 11 is 0. The Morgan fingerprint density at radius 2 is 2.35 bits per heavy atom. The molecular weight excluding hydrogens is 256 g/mol. The predicted octanol–water partition coefficient (Wildman–Crippen LogP) is 1.84. The van der Waals surface area contributed by atoms with Gasteiger partial charge in [-0.15, -0.1) is 0 Å². The maximum absolute atomic E-state index is 11.7. The van der Waals surface area contributed by atoms with Crippen molar-refractivity contribution in [3.63, 3.8) is 0 Å². The lowest BCUT2D eigenvalue weighted by Crippen LogP contribution is -2.18. The van der Waals surface area contributed by atoms with Crippen LogP contribution in [-0.2, 0) is 14.3 Å². The second-order valence-corrected chi connectivity index (χ2v) is 4.23. The van der Waals surface area contributed by atoms with E-state index < -0.39 is 5.97 Å². The number of hydrogen-bond acceptors (Lipinski definition) is 5. The van der Waals surface area contributed by atoms with E-state index in [-0.39, 0.29) is 12.2 Å². The van der Waals surface area contributed by atoms with E-state index in [1.807, 2.05) is 18.2 Å². The van der Waals surface area contributed by atoms with Gasteiger partial charge < -0.3 is 14.8 Å². The summed E-state index contributed by atoms with van der Waals surface area (Å²) in [5.74, 6) is -0.560. The van der Waals surface area contributed by atoms with Gasteiger partial charge in [0.25, 0.3) is 0 Å². The van der Waals surface area contributed by atoms with Crippen LogP contribution in [0.4, 0.5) is 0 Å². The van der Waals surface area contributed by atoms with Crippen LogP contribution in [0.15, 0.2) is 35.1 Å². The zero-order chi connectivity index (χ0) is 14.8. The number of nitrogens with zero attached hydrogens (tertiary/aromatic N) is 1. The van der Waals surface area contributed by atoms with Crippen LogP contribution in [-0.4, -0.2) is 32.8 Å². The molecule has 0 spiro atoms. The predicted molar refractivity (Wildman–Crippen MR) is 75.6 cm³/mol. The quantitative estimate of drug-likeness (QED) is 0.332. The normalized spacial score (nSPS) is 16.1. The molecule has 0 radical (unpaired) electrons. The third-order valence-electron chi connectivity index (χ3n) is 2.77. The van der Waals surface area contributed by atoms with Gasteiger partial charge in [-0.2, -0.15) is 5.26 Å². The Morgan fingerprint density at radius 1 is 1.55 bits per heavy atom. The number of carbonyl (C=O) groups excluding carboxylic acids is 1. The second-order valence-electron chi connectivity index (χ2n) is 4.23. The van der Waals surface area contributed by atoms with Crippen molar-refractivity contribution in [3.8, 4) is 6.07 Å². The zero-order valence-corrected chi connectivity index (χ0v) is 11.9. The van der Waals surface area contributed by atoms with Gasteiger partial charge in [-0.3, -0.25) is 0 Å². The van der Waals surface area contributed by atoms with Gasteiger partial charge >= 0.3 is 5.97 Å². The average molecular weight is 276 g/mol. The van der Waals surface area contributed by atoms with E-state index in [0.29, 0.717) is 18.6 Å². The minimum Gasteiger partial charge on any atom is -0.462 e. The highest BCUT2D eigenvalue weighted by Crippen LogP contribution is 2.20. The van der Waals surface area contributed by atoms with Crippen LogP contribution in [0.5, 0.6) is 0 Å². The molecule has 20 heavy (non-hydrogen) atoms. The number of esters is 1. The summed E-state index contributed by atoms with van der Waals surface area (Å²) in [6.45, 7) is 3.48. The Labute approximate surface area is 119 Å².